The van der Waals surface area contributed by atoms with Crippen LogP contribution in [0.4, 0.5) is 5.69 Å². The fourth-order valence-corrected chi connectivity index (χ4v) is 2.97. The van der Waals surface area contributed by atoms with Gasteiger partial charge in [0.05, 0.1) is 6.61 Å². The van der Waals surface area contributed by atoms with Crippen LogP contribution in [0.25, 0.3) is 6.08 Å². The summed E-state index contributed by atoms with van der Waals surface area (Å²) >= 11 is 6.14. The summed E-state index contributed by atoms with van der Waals surface area (Å²) in [5, 5.41) is 12.8. The van der Waals surface area contributed by atoms with Gasteiger partial charge in [0.1, 0.15) is 29.7 Å². The molecule has 0 saturated carbocycles. The van der Waals surface area contributed by atoms with E-state index in [1.165, 1.54) is 6.08 Å². The number of carbonyl (C=O) groups excluding carboxylic acids is 1. The lowest BCUT2D eigenvalue weighted by Gasteiger charge is -2.08. The van der Waals surface area contributed by atoms with Gasteiger partial charge in [-0.25, -0.2) is 0 Å². The Bertz CT molecular complexity index is 1120. The van der Waals surface area contributed by atoms with Crippen molar-refractivity contribution < 1.29 is 14.3 Å². The van der Waals surface area contributed by atoms with Crippen LogP contribution >= 0.6 is 11.6 Å². The van der Waals surface area contributed by atoms with Crippen LogP contribution in [0.15, 0.2) is 78.4 Å². The van der Waals surface area contributed by atoms with Gasteiger partial charge in [0.15, 0.2) is 0 Å². The summed E-state index contributed by atoms with van der Waals surface area (Å²) in [5.74, 6) is 0.818. The molecular weight excluding hydrogens is 412 g/mol. The second-order valence-corrected chi connectivity index (χ2v) is 6.94. The number of carbonyl (C=O) groups is 1. The van der Waals surface area contributed by atoms with E-state index in [0.29, 0.717) is 41.0 Å². The van der Waals surface area contributed by atoms with Gasteiger partial charge in [0.2, 0.25) is 0 Å². The SMILES string of the molecule is CCOc1cccc(NC(=O)/C(C#N)=C\c2ccc(OCc3ccccc3Cl)cc2)c1. The molecule has 0 unspecified atom stereocenters. The predicted octanol–water partition coefficient (Wildman–Crippen LogP) is 5.86. The molecule has 1 amide bonds. The first-order valence-electron chi connectivity index (χ1n) is 9.71. The minimum atomic E-state index is -0.491. The molecule has 0 bridgehead atoms. The molecule has 5 nitrogen and oxygen atoms in total. The Morgan fingerprint density at radius 2 is 1.81 bits per heavy atom. The van der Waals surface area contributed by atoms with Gasteiger partial charge in [0.25, 0.3) is 5.91 Å². The molecule has 0 spiro atoms. The van der Waals surface area contributed by atoms with Crippen LogP contribution in [-0.2, 0) is 11.4 Å². The number of rotatable bonds is 8. The van der Waals surface area contributed by atoms with E-state index in [1.54, 1.807) is 48.5 Å². The lowest BCUT2D eigenvalue weighted by Crippen LogP contribution is -2.13. The van der Waals surface area contributed by atoms with Crippen molar-refractivity contribution in [3.8, 4) is 17.6 Å². The van der Waals surface area contributed by atoms with Crippen molar-refractivity contribution in [2.45, 2.75) is 13.5 Å². The average molecular weight is 433 g/mol. The van der Waals surface area contributed by atoms with E-state index in [0.717, 1.165) is 5.56 Å². The van der Waals surface area contributed by atoms with E-state index in [-0.39, 0.29) is 5.57 Å². The van der Waals surface area contributed by atoms with E-state index in [1.807, 2.05) is 37.3 Å². The van der Waals surface area contributed by atoms with Crippen molar-refractivity contribution in [1.29, 1.82) is 5.26 Å². The summed E-state index contributed by atoms with van der Waals surface area (Å²) in [6, 6.07) is 23.6. The molecule has 156 valence electrons. The molecule has 0 aliphatic carbocycles. The quantitative estimate of drug-likeness (QED) is 0.357. The lowest BCUT2D eigenvalue weighted by molar-refractivity contribution is -0.112. The average Bonchev–Trinajstić information content (AvgIpc) is 2.78. The number of hydrogen-bond acceptors (Lipinski definition) is 4. The van der Waals surface area contributed by atoms with Crippen molar-refractivity contribution in [2.75, 3.05) is 11.9 Å². The maximum absolute atomic E-state index is 12.5. The molecule has 31 heavy (non-hydrogen) atoms. The van der Waals surface area contributed by atoms with E-state index < -0.39 is 5.91 Å². The molecule has 0 aromatic heterocycles. The van der Waals surface area contributed by atoms with Gasteiger partial charge in [-0.05, 0) is 48.9 Å². The Balaban J connectivity index is 1.65. The largest absolute Gasteiger partial charge is 0.494 e. The van der Waals surface area contributed by atoms with Crippen LogP contribution in [0.2, 0.25) is 5.02 Å². The van der Waals surface area contributed by atoms with E-state index in [4.69, 9.17) is 21.1 Å². The van der Waals surface area contributed by atoms with Crippen LogP contribution in [0, 0.1) is 11.3 Å². The Hall–Kier alpha value is -3.75. The summed E-state index contributed by atoms with van der Waals surface area (Å²) < 4.78 is 11.2. The number of anilines is 1. The third-order valence-electron chi connectivity index (χ3n) is 4.31. The fourth-order valence-electron chi connectivity index (χ4n) is 2.78. The molecule has 3 aromatic carbocycles. The summed E-state index contributed by atoms with van der Waals surface area (Å²) in [5.41, 5.74) is 2.15. The molecular formula is C25H21ClN2O3. The van der Waals surface area contributed by atoms with Crippen LogP contribution in [0.5, 0.6) is 11.5 Å². The molecule has 3 aromatic rings. The Labute approximate surface area is 186 Å². The molecule has 0 aliphatic rings. The first kappa shape index (κ1) is 21.9. The minimum Gasteiger partial charge on any atom is -0.494 e. The molecule has 1 N–H and O–H groups in total. The van der Waals surface area contributed by atoms with Crippen molar-refractivity contribution in [3.63, 3.8) is 0 Å². The molecule has 3 rings (SSSR count). The Kier molecular flexibility index (Phi) is 7.69. The number of nitrogens with one attached hydrogen (secondary N) is 1. The van der Waals surface area contributed by atoms with Crippen LogP contribution in [-0.4, -0.2) is 12.5 Å². The van der Waals surface area contributed by atoms with Gasteiger partial charge in [-0.2, -0.15) is 5.26 Å². The van der Waals surface area contributed by atoms with Crippen LogP contribution in [0.3, 0.4) is 0 Å². The number of hydrogen-bond donors (Lipinski definition) is 1. The highest BCUT2D eigenvalue weighted by Crippen LogP contribution is 2.21. The topological polar surface area (TPSA) is 71.3 Å². The first-order chi connectivity index (χ1) is 15.1. The number of halogens is 1. The summed E-state index contributed by atoms with van der Waals surface area (Å²) in [7, 11) is 0. The van der Waals surface area contributed by atoms with Gasteiger partial charge in [-0.3, -0.25) is 4.79 Å². The number of benzene rings is 3. The smallest absolute Gasteiger partial charge is 0.266 e. The highest BCUT2D eigenvalue weighted by atomic mass is 35.5. The zero-order valence-corrected chi connectivity index (χ0v) is 17.7. The molecule has 0 atom stereocenters. The van der Waals surface area contributed by atoms with E-state index >= 15 is 0 Å². The Morgan fingerprint density at radius 1 is 1.03 bits per heavy atom. The molecule has 0 heterocycles. The van der Waals surface area contributed by atoms with Crippen molar-refractivity contribution in [3.05, 3.63) is 94.5 Å². The van der Waals surface area contributed by atoms with Crippen molar-refractivity contribution in [1.82, 2.24) is 0 Å². The molecule has 0 radical (unpaired) electrons. The number of ether oxygens (including phenoxy) is 2. The zero-order valence-electron chi connectivity index (χ0n) is 17.0. The van der Waals surface area contributed by atoms with Crippen LogP contribution < -0.4 is 14.8 Å². The van der Waals surface area contributed by atoms with Crippen molar-refractivity contribution in [2.24, 2.45) is 0 Å². The third kappa shape index (κ3) is 6.36. The molecule has 0 fully saturated rings. The number of nitriles is 1. The van der Waals surface area contributed by atoms with Gasteiger partial charge in [-0.15, -0.1) is 0 Å². The van der Waals surface area contributed by atoms with Crippen LogP contribution in [0.1, 0.15) is 18.1 Å². The van der Waals surface area contributed by atoms with Gasteiger partial charge in [-0.1, -0.05) is 48.0 Å². The van der Waals surface area contributed by atoms with Gasteiger partial charge in [0, 0.05) is 22.3 Å². The Morgan fingerprint density at radius 3 is 2.52 bits per heavy atom. The van der Waals surface area contributed by atoms with Gasteiger partial charge >= 0.3 is 0 Å². The van der Waals surface area contributed by atoms with Gasteiger partial charge < -0.3 is 14.8 Å². The molecule has 0 saturated heterocycles. The second kappa shape index (κ2) is 10.9. The number of nitrogens with zero attached hydrogens (tertiary/aromatic N) is 1. The zero-order chi connectivity index (χ0) is 22.1. The molecule has 6 heteroatoms. The fraction of sp³-hybridized carbons (Fsp3) is 0.120. The second-order valence-electron chi connectivity index (χ2n) is 6.53. The summed E-state index contributed by atoms with van der Waals surface area (Å²) in [6.07, 6.45) is 1.53. The predicted molar refractivity (Wildman–Crippen MR) is 122 cm³/mol. The maximum atomic E-state index is 12.5. The number of amides is 1. The minimum absolute atomic E-state index is 0.00783. The highest BCUT2D eigenvalue weighted by Gasteiger charge is 2.10. The first-order valence-corrected chi connectivity index (χ1v) is 10.1. The molecule has 0 aliphatic heterocycles. The van der Waals surface area contributed by atoms with Crippen molar-refractivity contribution >= 4 is 29.3 Å². The normalized spacial score (nSPS) is 10.8. The van der Waals surface area contributed by atoms with E-state index in [9.17, 15) is 10.1 Å². The summed E-state index contributed by atoms with van der Waals surface area (Å²) in [4.78, 5) is 12.5. The van der Waals surface area contributed by atoms with E-state index in [2.05, 4.69) is 5.32 Å². The third-order valence-corrected chi connectivity index (χ3v) is 4.68. The lowest BCUT2D eigenvalue weighted by atomic mass is 10.1. The monoisotopic (exact) mass is 432 g/mol. The standard InChI is InChI=1S/C25H21ClN2O3/c1-2-30-23-8-5-7-21(15-23)28-25(29)20(16-27)14-18-10-12-22(13-11-18)31-17-19-6-3-4-9-24(19)26/h3-15H,2,17H2,1H3,(H,28,29)/b20-14-. The maximum Gasteiger partial charge on any atom is 0.266 e. The highest BCUT2D eigenvalue weighted by molar-refractivity contribution is 6.31. The summed E-state index contributed by atoms with van der Waals surface area (Å²) in [6.45, 7) is 2.76.